The summed E-state index contributed by atoms with van der Waals surface area (Å²) in [6, 6.07) is 5.92. The third-order valence-corrected chi connectivity index (χ3v) is 2.77. The van der Waals surface area contributed by atoms with Crippen LogP contribution in [0.3, 0.4) is 0 Å². The molecule has 0 atom stereocenters. The summed E-state index contributed by atoms with van der Waals surface area (Å²) < 4.78 is 6.89. The Morgan fingerprint density at radius 2 is 2.00 bits per heavy atom. The van der Waals surface area contributed by atoms with Crippen LogP contribution in [0.5, 0.6) is 5.75 Å². The van der Waals surface area contributed by atoms with Gasteiger partial charge in [0.1, 0.15) is 5.75 Å². The number of aryl methyl sites for hydroxylation is 1. The van der Waals surface area contributed by atoms with Crippen molar-refractivity contribution in [2.24, 2.45) is 0 Å². The largest absolute Gasteiger partial charge is 0.497 e. The second-order valence-corrected chi connectivity index (χ2v) is 3.46. The molecule has 0 amide bonds. The fourth-order valence-electron chi connectivity index (χ4n) is 1.71. The van der Waals surface area contributed by atoms with Gasteiger partial charge in [-0.2, -0.15) is 0 Å². The molecule has 2 aromatic rings. The van der Waals surface area contributed by atoms with Gasteiger partial charge in [0.15, 0.2) is 0 Å². The monoisotopic (exact) mass is 190 g/mol. The molecule has 0 aliphatic carbocycles. The maximum Gasteiger partial charge on any atom is 0.119 e. The molecule has 0 unspecified atom stereocenters. The van der Waals surface area contributed by atoms with E-state index in [9.17, 15) is 0 Å². The Hall–Kier alpha value is -1.64. The van der Waals surface area contributed by atoms with Crippen LogP contribution in [0.15, 0.2) is 18.2 Å². The van der Waals surface area contributed by atoms with Crippen LogP contribution in [-0.2, 0) is 0 Å². The molecule has 0 bridgehead atoms. The molecule has 2 N–H and O–H groups in total. The standard InChI is InChI=1S/C11H14N2O/c1-7-8(2)13(12)11-5-4-9(14-3)6-10(7)11/h4-6H,12H2,1-3H3. The van der Waals surface area contributed by atoms with E-state index in [1.54, 1.807) is 11.8 Å². The van der Waals surface area contributed by atoms with Crippen LogP contribution in [0.4, 0.5) is 0 Å². The van der Waals surface area contributed by atoms with E-state index in [2.05, 4.69) is 6.92 Å². The van der Waals surface area contributed by atoms with E-state index < -0.39 is 0 Å². The fraction of sp³-hybridized carbons (Fsp3) is 0.273. The van der Waals surface area contributed by atoms with Crippen LogP contribution < -0.4 is 10.6 Å². The van der Waals surface area contributed by atoms with Crippen molar-refractivity contribution in [2.75, 3.05) is 13.0 Å². The first-order chi connectivity index (χ1) is 6.65. The lowest BCUT2D eigenvalue weighted by atomic mass is 10.1. The zero-order valence-electron chi connectivity index (χ0n) is 8.66. The molecular formula is C11H14N2O. The number of methoxy groups -OCH3 is 1. The van der Waals surface area contributed by atoms with Crippen molar-refractivity contribution >= 4 is 10.9 Å². The lowest BCUT2D eigenvalue weighted by Crippen LogP contribution is -2.09. The van der Waals surface area contributed by atoms with Crippen molar-refractivity contribution in [2.45, 2.75) is 13.8 Å². The molecule has 0 fully saturated rings. The zero-order valence-corrected chi connectivity index (χ0v) is 8.66. The van der Waals surface area contributed by atoms with E-state index in [0.29, 0.717) is 0 Å². The predicted molar refractivity (Wildman–Crippen MR) is 58.1 cm³/mol. The van der Waals surface area contributed by atoms with Crippen LogP contribution >= 0.6 is 0 Å². The summed E-state index contributed by atoms with van der Waals surface area (Å²) in [5, 5.41) is 1.16. The summed E-state index contributed by atoms with van der Waals surface area (Å²) >= 11 is 0. The number of benzene rings is 1. The molecular weight excluding hydrogens is 176 g/mol. The lowest BCUT2D eigenvalue weighted by Gasteiger charge is -2.00. The molecule has 0 aliphatic rings. The Morgan fingerprint density at radius 3 is 2.64 bits per heavy atom. The normalized spacial score (nSPS) is 10.8. The number of nitrogen functional groups attached to an aromatic ring is 1. The molecule has 74 valence electrons. The van der Waals surface area contributed by atoms with E-state index >= 15 is 0 Å². The number of nitrogens with two attached hydrogens (primary N) is 1. The third kappa shape index (κ3) is 1.05. The SMILES string of the molecule is COc1ccc2c(c1)c(C)c(C)n2N. The van der Waals surface area contributed by atoms with Crippen LogP contribution in [-0.4, -0.2) is 11.8 Å². The van der Waals surface area contributed by atoms with E-state index in [1.165, 1.54) is 5.56 Å². The molecule has 0 saturated heterocycles. The van der Waals surface area contributed by atoms with Gasteiger partial charge in [0.25, 0.3) is 0 Å². The molecule has 0 aliphatic heterocycles. The Kier molecular flexibility index (Phi) is 1.88. The van der Waals surface area contributed by atoms with Crippen LogP contribution in [0, 0.1) is 13.8 Å². The average molecular weight is 190 g/mol. The summed E-state index contributed by atoms with van der Waals surface area (Å²) in [6.45, 7) is 4.09. The third-order valence-electron chi connectivity index (χ3n) is 2.77. The van der Waals surface area contributed by atoms with Crippen molar-refractivity contribution in [1.82, 2.24) is 4.68 Å². The van der Waals surface area contributed by atoms with E-state index in [-0.39, 0.29) is 0 Å². The fourth-order valence-corrected chi connectivity index (χ4v) is 1.71. The van der Waals surface area contributed by atoms with Gasteiger partial charge in [-0.05, 0) is 37.6 Å². The van der Waals surface area contributed by atoms with Crippen molar-refractivity contribution in [3.05, 3.63) is 29.5 Å². The minimum absolute atomic E-state index is 0.867. The highest BCUT2D eigenvalue weighted by Gasteiger charge is 2.08. The Labute approximate surface area is 83.1 Å². The number of aromatic nitrogens is 1. The molecule has 2 rings (SSSR count). The molecule has 1 aromatic heterocycles. The predicted octanol–water partition coefficient (Wildman–Crippen LogP) is 1.98. The van der Waals surface area contributed by atoms with Gasteiger partial charge >= 0.3 is 0 Å². The van der Waals surface area contributed by atoms with Gasteiger partial charge in [0.2, 0.25) is 0 Å². The van der Waals surface area contributed by atoms with E-state index in [4.69, 9.17) is 10.6 Å². The molecule has 0 radical (unpaired) electrons. The molecule has 14 heavy (non-hydrogen) atoms. The Balaban J connectivity index is 2.82. The molecule has 1 aromatic carbocycles. The van der Waals surface area contributed by atoms with Crippen molar-refractivity contribution in [1.29, 1.82) is 0 Å². The van der Waals surface area contributed by atoms with Crippen molar-refractivity contribution < 1.29 is 4.74 Å². The highest BCUT2D eigenvalue weighted by molar-refractivity contribution is 5.86. The van der Waals surface area contributed by atoms with Crippen molar-refractivity contribution in [3.8, 4) is 5.75 Å². The van der Waals surface area contributed by atoms with Crippen molar-refractivity contribution in [3.63, 3.8) is 0 Å². The maximum atomic E-state index is 5.91. The Morgan fingerprint density at radius 1 is 1.29 bits per heavy atom. The Bertz CT molecular complexity index is 485. The number of nitrogens with zero attached hydrogens (tertiary/aromatic N) is 1. The second kappa shape index (κ2) is 2.94. The quantitative estimate of drug-likeness (QED) is 0.698. The summed E-state index contributed by atoms with van der Waals surface area (Å²) in [6.07, 6.45) is 0. The number of hydrogen-bond acceptors (Lipinski definition) is 2. The zero-order chi connectivity index (χ0) is 10.3. The average Bonchev–Trinajstić information content (AvgIpc) is 2.44. The highest BCUT2D eigenvalue weighted by atomic mass is 16.5. The van der Waals surface area contributed by atoms with Gasteiger partial charge in [-0.15, -0.1) is 0 Å². The van der Waals surface area contributed by atoms with E-state index in [1.807, 2.05) is 25.1 Å². The molecule has 0 spiro atoms. The molecule has 3 nitrogen and oxygen atoms in total. The van der Waals surface area contributed by atoms with Gasteiger partial charge in [0, 0.05) is 11.1 Å². The second-order valence-electron chi connectivity index (χ2n) is 3.46. The van der Waals surface area contributed by atoms with Gasteiger partial charge in [-0.25, -0.2) is 0 Å². The molecule has 1 heterocycles. The van der Waals surface area contributed by atoms with Crippen LogP contribution in [0.1, 0.15) is 11.3 Å². The topological polar surface area (TPSA) is 40.2 Å². The smallest absolute Gasteiger partial charge is 0.119 e. The summed E-state index contributed by atoms with van der Waals surface area (Å²) in [4.78, 5) is 0. The number of ether oxygens (including phenoxy) is 1. The van der Waals surface area contributed by atoms with Gasteiger partial charge in [-0.3, -0.25) is 4.68 Å². The summed E-state index contributed by atoms with van der Waals surface area (Å²) in [7, 11) is 1.67. The minimum atomic E-state index is 0.867. The lowest BCUT2D eigenvalue weighted by molar-refractivity contribution is 0.415. The first-order valence-corrected chi connectivity index (χ1v) is 4.56. The number of hydrogen-bond donors (Lipinski definition) is 1. The van der Waals surface area contributed by atoms with Gasteiger partial charge in [-0.1, -0.05) is 0 Å². The molecule has 3 heteroatoms. The number of rotatable bonds is 1. The first kappa shape index (κ1) is 8.94. The molecule has 0 saturated carbocycles. The van der Waals surface area contributed by atoms with Crippen LogP contribution in [0.2, 0.25) is 0 Å². The maximum absolute atomic E-state index is 5.91. The van der Waals surface area contributed by atoms with Gasteiger partial charge in [0.05, 0.1) is 12.6 Å². The number of fused-ring (bicyclic) bond motifs is 1. The first-order valence-electron chi connectivity index (χ1n) is 4.56. The minimum Gasteiger partial charge on any atom is -0.497 e. The highest BCUT2D eigenvalue weighted by Crippen LogP contribution is 2.26. The summed E-state index contributed by atoms with van der Waals surface area (Å²) in [5.74, 6) is 6.77. The van der Waals surface area contributed by atoms with E-state index in [0.717, 1.165) is 22.3 Å². The van der Waals surface area contributed by atoms with Crippen LogP contribution in [0.25, 0.3) is 10.9 Å². The summed E-state index contributed by atoms with van der Waals surface area (Å²) in [5.41, 5.74) is 3.34. The van der Waals surface area contributed by atoms with Gasteiger partial charge < -0.3 is 10.6 Å².